The summed E-state index contributed by atoms with van der Waals surface area (Å²) in [4.78, 5) is 7.87. The molecule has 0 bridgehead atoms. The van der Waals surface area contributed by atoms with Crippen molar-refractivity contribution in [1.82, 2.24) is 9.96 Å². The number of likely N-dealkylation sites (N-methyl/N-ethyl adjacent to an activating group) is 1. The molecule has 0 radical (unpaired) electrons. The smallest absolute Gasteiger partial charge is 0.0737 e. The Bertz CT molecular complexity index is 109. The summed E-state index contributed by atoms with van der Waals surface area (Å²) in [5, 5.41) is 2.06. The van der Waals surface area contributed by atoms with Crippen molar-refractivity contribution in [3.05, 3.63) is 0 Å². The molecule has 3 nitrogen and oxygen atoms in total. The van der Waals surface area contributed by atoms with E-state index in [4.69, 9.17) is 4.84 Å². The van der Waals surface area contributed by atoms with Crippen molar-refractivity contribution in [2.24, 2.45) is 0 Å². The van der Waals surface area contributed by atoms with Gasteiger partial charge in [-0.2, -0.15) is 5.06 Å². The van der Waals surface area contributed by atoms with Crippen molar-refractivity contribution in [3.8, 4) is 0 Å². The molecule has 1 fully saturated rings. The van der Waals surface area contributed by atoms with Crippen molar-refractivity contribution in [1.29, 1.82) is 0 Å². The van der Waals surface area contributed by atoms with Crippen LogP contribution in [0.1, 0.15) is 13.8 Å². The molecule has 0 N–H and O–H groups in total. The fourth-order valence-electron chi connectivity index (χ4n) is 1.19. The van der Waals surface area contributed by atoms with Crippen LogP contribution in [0.5, 0.6) is 0 Å². The highest BCUT2D eigenvalue weighted by Crippen LogP contribution is 2.02. The third kappa shape index (κ3) is 3.18. The van der Waals surface area contributed by atoms with Crippen molar-refractivity contribution < 1.29 is 4.84 Å². The molecule has 0 atom stereocenters. The topological polar surface area (TPSA) is 15.7 Å². The van der Waals surface area contributed by atoms with Gasteiger partial charge in [-0.15, -0.1) is 0 Å². The molecule has 0 aromatic carbocycles. The Balaban J connectivity index is 2.17. The Morgan fingerprint density at radius 1 is 1.09 bits per heavy atom. The fraction of sp³-hybridized carbons (Fsp3) is 1.00. The molecule has 0 aliphatic carbocycles. The van der Waals surface area contributed by atoms with E-state index in [2.05, 4.69) is 30.9 Å². The maximum absolute atomic E-state index is 5.55. The zero-order valence-electron chi connectivity index (χ0n) is 7.71. The standard InChI is InChI=1S/C8H18N2O/c1-8(2)11-10-6-4-9(3)5-7-10/h8H,4-7H2,1-3H3. The molecule has 1 aliphatic heterocycles. The minimum Gasteiger partial charge on any atom is -0.304 e. The Morgan fingerprint density at radius 2 is 1.64 bits per heavy atom. The molecular weight excluding hydrogens is 140 g/mol. The first-order chi connectivity index (χ1) is 5.18. The first-order valence-electron chi connectivity index (χ1n) is 4.29. The lowest BCUT2D eigenvalue weighted by Gasteiger charge is -2.32. The minimum absolute atomic E-state index is 0.318. The number of rotatable bonds is 2. The molecule has 0 saturated carbocycles. The van der Waals surface area contributed by atoms with E-state index in [1.54, 1.807) is 0 Å². The van der Waals surface area contributed by atoms with Crippen LogP contribution < -0.4 is 0 Å². The summed E-state index contributed by atoms with van der Waals surface area (Å²) in [6, 6.07) is 0. The summed E-state index contributed by atoms with van der Waals surface area (Å²) in [5.41, 5.74) is 0. The number of hydrogen-bond donors (Lipinski definition) is 0. The molecule has 0 spiro atoms. The zero-order chi connectivity index (χ0) is 8.27. The lowest BCUT2D eigenvalue weighted by molar-refractivity contribution is -0.200. The number of hydrogen-bond acceptors (Lipinski definition) is 3. The summed E-state index contributed by atoms with van der Waals surface area (Å²) < 4.78 is 0. The number of hydroxylamine groups is 2. The highest BCUT2D eigenvalue weighted by molar-refractivity contribution is 4.63. The van der Waals surface area contributed by atoms with Gasteiger partial charge in [0.2, 0.25) is 0 Å². The summed E-state index contributed by atoms with van der Waals surface area (Å²) in [5.74, 6) is 0. The molecule has 11 heavy (non-hydrogen) atoms. The lowest BCUT2D eigenvalue weighted by atomic mass is 10.4. The molecule has 1 aliphatic rings. The van der Waals surface area contributed by atoms with Crippen LogP contribution in [0, 0.1) is 0 Å². The van der Waals surface area contributed by atoms with Gasteiger partial charge >= 0.3 is 0 Å². The zero-order valence-corrected chi connectivity index (χ0v) is 7.71. The highest BCUT2D eigenvalue weighted by atomic mass is 16.7. The Kier molecular flexibility index (Phi) is 3.30. The normalized spacial score (nSPS) is 22.9. The van der Waals surface area contributed by atoms with E-state index in [1.807, 2.05) is 0 Å². The monoisotopic (exact) mass is 158 g/mol. The van der Waals surface area contributed by atoms with Crippen LogP contribution in [0.25, 0.3) is 0 Å². The van der Waals surface area contributed by atoms with E-state index in [1.165, 1.54) is 0 Å². The van der Waals surface area contributed by atoms with Gasteiger partial charge in [-0.05, 0) is 20.9 Å². The summed E-state index contributed by atoms with van der Waals surface area (Å²) in [6.45, 7) is 8.44. The highest BCUT2D eigenvalue weighted by Gasteiger charge is 2.14. The van der Waals surface area contributed by atoms with Crippen molar-refractivity contribution in [3.63, 3.8) is 0 Å². The molecular formula is C8H18N2O. The lowest BCUT2D eigenvalue weighted by Crippen LogP contribution is -2.45. The van der Waals surface area contributed by atoms with Gasteiger partial charge in [0, 0.05) is 26.2 Å². The predicted molar refractivity (Wildman–Crippen MR) is 45.3 cm³/mol. The van der Waals surface area contributed by atoms with Crippen LogP contribution in [0.4, 0.5) is 0 Å². The van der Waals surface area contributed by atoms with Crippen LogP contribution >= 0.6 is 0 Å². The summed E-state index contributed by atoms with van der Waals surface area (Å²) in [7, 11) is 2.15. The first-order valence-corrected chi connectivity index (χ1v) is 4.29. The van der Waals surface area contributed by atoms with Crippen LogP contribution in [0.15, 0.2) is 0 Å². The van der Waals surface area contributed by atoms with Gasteiger partial charge in [0.05, 0.1) is 6.10 Å². The van der Waals surface area contributed by atoms with Crippen LogP contribution in [0.3, 0.4) is 0 Å². The average molecular weight is 158 g/mol. The van der Waals surface area contributed by atoms with Crippen molar-refractivity contribution in [2.75, 3.05) is 33.2 Å². The largest absolute Gasteiger partial charge is 0.304 e. The van der Waals surface area contributed by atoms with Crippen LogP contribution in [-0.4, -0.2) is 49.3 Å². The van der Waals surface area contributed by atoms with Crippen molar-refractivity contribution >= 4 is 0 Å². The minimum atomic E-state index is 0.318. The van der Waals surface area contributed by atoms with Crippen LogP contribution in [-0.2, 0) is 4.84 Å². The predicted octanol–water partition coefficient (Wildman–Crippen LogP) is 0.574. The molecule has 1 rings (SSSR count). The van der Waals surface area contributed by atoms with Gasteiger partial charge in [0.1, 0.15) is 0 Å². The molecule has 0 unspecified atom stereocenters. The van der Waals surface area contributed by atoms with Gasteiger partial charge < -0.3 is 4.90 Å². The van der Waals surface area contributed by atoms with Gasteiger partial charge in [0.25, 0.3) is 0 Å². The SMILES string of the molecule is CC(C)ON1CCN(C)CC1. The quantitative estimate of drug-likeness (QED) is 0.584. The second-order valence-corrected chi connectivity index (χ2v) is 3.39. The maximum Gasteiger partial charge on any atom is 0.0737 e. The maximum atomic E-state index is 5.55. The number of nitrogens with zero attached hydrogens (tertiary/aromatic N) is 2. The molecule has 0 aromatic heterocycles. The van der Waals surface area contributed by atoms with E-state index < -0.39 is 0 Å². The molecule has 1 saturated heterocycles. The Morgan fingerprint density at radius 3 is 2.09 bits per heavy atom. The first kappa shape index (κ1) is 8.97. The van der Waals surface area contributed by atoms with E-state index in [9.17, 15) is 0 Å². The van der Waals surface area contributed by atoms with Gasteiger partial charge in [-0.1, -0.05) is 0 Å². The van der Waals surface area contributed by atoms with Crippen LogP contribution in [0.2, 0.25) is 0 Å². The van der Waals surface area contributed by atoms with Gasteiger partial charge in [-0.3, -0.25) is 4.84 Å². The molecule has 0 aromatic rings. The third-order valence-electron chi connectivity index (χ3n) is 1.82. The Labute approximate surface area is 68.9 Å². The molecule has 0 amide bonds. The summed E-state index contributed by atoms with van der Waals surface area (Å²) in [6.07, 6.45) is 0.318. The van der Waals surface area contributed by atoms with E-state index in [0.717, 1.165) is 26.2 Å². The van der Waals surface area contributed by atoms with Gasteiger partial charge in [-0.25, -0.2) is 0 Å². The summed E-state index contributed by atoms with van der Waals surface area (Å²) >= 11 is 0. The average Bonchev–Trinajstić information content (AvgIpc) is 1.93. The van der Waals surface area contributed by atoms with Gasteiger partial charge in [0.15, 0.2) is 0 Å². The Hall–Kier alpha value is -0.120. The van der Waals surface area contributed by atoms with E-state index >= 15 is 0 Å². The van der Waals surface area contributed by atoms with E-state index in [0.29, 0.717) is 6.10 Å². The molecule has 66 valence electrons. The second-order valence-electron chi connectivity index (χ2n) is 3.39. The number of piperazine rings is 1. The fourth-order valence-corrected chi connectivity index (χ4v) is 1.19. The van der Waals surface area contributed by atoms with E-state index in [-0.39, 0.29) is 0 Å². The third-order valence-corrected chi connectivity index (χ3v) is 1.82. The molecule has 3 heteroatoms. The second kappa shape index (κ2) is 4.04. The van der Waals surface area contributed by atoms with Crippen molar-refractivity contribution in [2.45, 2.75) is 20.0 Å². The molecule has 1 heterocycles.